The van der Waals surface area contributed by atoms with E-state index >= 15 is 0 Å². The highest BCUT2D eigenvalue weighted by Crippen LogP contribution is 2.24. The average Bonchev–Trinajstić information content (AvgIpc) is 3.29. The molecule has 0 bridgehead atoms. The van der Waals surface area contributed by atoms with Crippen molar-refractivity contribution in [1.29, 1.82) is 0 Å². The summed E-state index contributed by atoms with van der Waals surface area (Å²) in [5.41, 5.74) is 1.45. The average molecular weight is 338 g/mol. The Labute approximate surface area is 146 Å². The molecule has 4 rings (SSSR count). The van der Waals surface area contributed by atoms with Gasteiger partial charge in [-0.05, 0) is 25.0 Å². The maximum Gasteiger partial charge on any atom is 0.228 e. The molecule has 25 heavy (non-hydrogen) atoms. The van der Waals surface area contributed by atoms with Crippen LogP contribution in [0.1, 0.15) is 37.3 Å². The monoisotopic (exact) mass is 338 g/mol. The molecule has 0 saturated carbocycles. The lowest BCUT2D eigenvalue weighted by Crippen LogP contribution is -2.41. The Morgan fingerprint density at radius 1 is 1.36 bits per heavy atom. The van der Waals surface area contributed by atoms with Crippen molar-refractivity contribution in [1.82, 2.24) is 19.6 Å². The molecule has 0 N–H and O–H groups in total. The van der Waals surface area contributed by atoms with Crippen LogP contribution in [0.3, 0.4) is 0 Å². The van der Waals surface area contributed by atoms with Gasteiger partial charge in [0.25, 0.3) is 0 Å². The molecule has 2 aromatic heterocycles. The Morgan fingerprint density at radius 2 is 2.24 bits per heavy atom. The third-order valence-corrected chi connectivity index (χ3v) is 4.98. The Hall–Kier alpha value is -2.63. The van der Waals surface area contributed by atoms with Crippen molar-refractivity contribution in [2.75, 3.05) is 13.1 Å². The Balaban J connectivity index is 1.48. The van der Waals surface area contributed by atoms with Crippen LogP contribution in [0.4, 0.5) is 0 Å². The summed E-state index contributed by atoms with van der Waals surface area (Å²) in [7, 11) is 0. The number of piperidine rings is 1. The molecule has 1 amide bonds. The van der Waals surface area contributed by atoms with E-state index in [4.69, 9.17) is 4.52 Å². The number of hydrogen-bond acceptors (Lipinski definition) is 4. The first-order valence-corrected chi connectivity index (χ1v) is 8.89. The summed E-state index contributed by atoms with van der Waals surface area (Å²) in [6, 6.07) is 7.98. The molecule has 0 spiro atoms. The molecular weight excluding hydrogens is 316 g/mol. The van der Waals surface area contributed by atoms with Gasteiger partial charge in [-0.2, -0.15) is 0 Å². The number of fused-ring (bicyclic) bond motifs is 1. The molecule has 3 aromatic rings. The number of para-hydroxylation sites is 1. The fraction of sp³-hybridized carbons (Fsp3) is 0.421. The normalized spacial score (nSPS) is 18.0. The minimum atomic E-state index is 0.113. The van der Waals surface area contributed by atoms with E-state index in [1.807, 2.05) is 41.6 Å². The van der Waals surface area contributed by atoms with Crippen LogP contribution < -0.4 is 0 Å². The molecule has 130 valence electrons. The lowest BCUT2D eigenvalue weighted by Gasteiger charge is -2.34. The van der Waals surface area contributed by atoms with Crippen LogP contribution in [-0.2, 0) is 17.6 Å². The topological polar surface area (TPSA) is 64.2 Å². The zero-order valence-electron chi connectivity index (χ0n) is 14.4. The molecule has 1 atom stereocenters. The third-order valence-electron chi connectivity index (χ3n) is 4.98. The summed E-state index contributed by atoms with van der Waals surface area (Å²) >= 11 is 0. The smallest absolute Gasteiger partial charge is 0.228 e. The number of aromatic nitrogens is 3. The van der Waals surface area contributed by atoms with Gasteiger partial charge in [0.05, 0.1) is 12.5 Å². The Kier molecular flexibility index (Phi) is 4.26. The van der Waals surface area contributed by atoms with E-state index in [1.54, 1.807) is 0 Å². The summed E-state index contributed by atoms with van der Waals surface area (Å²) in [5, 5.41) is 5.01. The van der Waals surface area contributed by atoms with Crippen LogP contribution in [0.5, 0.6) is 0 Å². The largest absolute Gasteiger partial charge is 0.356 e. The van der Waals surface area contributed by atoms with Crippen molar-refractivity contribution >= 4 is 16.9 Å². The quantitative estimate of drug-likeness (QED) is 0.733. The maximum atomic E-state index is 12.8. The standard InChI is InChI=1S/C19H22N4O2/c1-2-18-20-9-11-23(18)14-6-5-10-22(13-14)19(24)12-16-15-7-3-4-8-17(15)25-21-16/h3-4,7-9,11,14H,2,5-6,10,12-13H2,1H3/t14-/m0/s1. The number of rotatable bonds is 4. The first kappa shape index (κ1) is 15.9. The van der Waals surface area contributed by atoms with Crippen molar-refractivity contribution in [3.63, 3.8) is 0 Å². The van der Waals surface area contributed by atoms with E-state index in [1.165, 1.54) is 0 Å². The number of amides is 1. The van der Waals surface area contributed by atoms with Crippen LogP contribution >= 0.6 is 0 Å². The summed E-state index contributed by atoms with van der Waals surface area (Å²) in [5.74, 6) is 1.20. The van der Waals surface area contributed by atoms with E-state index in [0.717, 1.165) is 54.8 Å². The second kappa shape index (κ2) is 6.70. The fourth-order valence-corrected chi connectivity index (χ4v) is 3.68. The summed E-state index contributed by atoms with van der Waals surface area (Å²) in [6.45, 7) is 3.65. The molecule has 6 nitrogen and oxygen atoms in total. The molecule has 1 aliphatic rings. The van der Waals surface area contributed by atoms with Crippen LogP contribution in [0.2, 0.25) is 0 Å². The summed E-state index contributed by atoms with van der Waals surface area (Å²) < 4.78 is 7.54. The van der Waals surface area contributed by atoms with Crippen LogP contribution in [0.25, 0.3) is 11.0 Å². The number of benzene rings is 1. The lowest BCUT2D eigenvalue weighted by molar-refractivity contribution is -0.132. The summed E-state index contributed by atoms with van der Waals surface area (Å²) in [6.07, 6.45) is 7.16. The number of nitrogens with zero attached hydrogens (tertiary/aromatic N) is 4. The molecule has 0 unspecified atom stereocenters. The Morgan fingerprint density at radius 3 is 3.12 bits per heavy atom. The van der Waals surface area contributed by atoms with Crippen LogP contribution in [0.15, 0.2) is 41.2 Å². The van der Waals surface area contributed by atoms with Gasteiger partial charge < -0.3 is 14.0 Å². The van der Waals surface area contributed by atoms with Gasteiger partial charge in [-0.1, -0.05) is 24.2 Å². The lowest BCUT2D eigenvalue weighted by atomic mass is 10.0. The highest BCUT2D eigenvalue weighted by Gasteiger charge is 2.26. The van der Waals surface area contributed by atoms with Crippen molar-refractivity contribution < 1.29 is 9.32 Å². The van der Waals surface area contributed by atoms with Gasteiger partial charge in [0.2, 0.25) is 5.91 Å². The number of imidazole rings is 1. The van der Waals surface area contributed by atoms with Gasteiger partial charge in [-0.25, -0.2) is 4.98 Å². The molecule has 1 aromatic carbocycles. The van der Waals surface area contributed by atoms with E-state index in [-0.39, 0.29) is 12.3 Å². The van der Waals surface area contributed by atoms with Crippen molar-refractivity contribution in [3.05, 3.63) is 48.2 Å². The van der Waals surface area contributed by atoms with Gasteiger partial charge in [-0.15, -0.1) is 0 Å². The molecule has 3 heterocycles. The van der Waals surface area contributed by atoms with Gasteiger partial charge in [0.1, 0.15) is 11.5 Å². The van der Waals surface area contributed by atoms with E-state index in [2.05, 4.69) is 21.6 Å². The second-order valence-corrected chi connectivity index (χ2v) is 6.54. The highest BCUT2D eigenvalue weighted by atomic mass is 16.5. The first-order chi connectivity index (χ1) is 12.3. The number of hydrogen-bond donors (Lipinski definition) is 0. The van der Waals surface area contributed by atoms with Gasteiger partial charge in [-0.3, -0.25) is 4.79 Å². The summed E-state index contributed by atoms with van der Waals surface area (Å²) in [4.78, 5) is 19.2. The minimum Gasteiger partial charge on any atom is -0.356 e. The zero-order valence-corrected chi connectivity index (χ0v) is 14.4. The van der Waals surface area contributed by atoms with E-state index < -0.39 is 0 Å². The maximum absolute atomic E-state index is 12.8. The molecule has 0 aliphatic carbocycles. The van der Waals surface area contributed by atoms with Crippen molar-refractivity contribution in [2.24, 2.45) is 0 Å². The van der Waals surface area contributed by atoms with Gasteiger partial charge in [0.15, 0.2) is 5.58 Å². The second-order valence-electron chi connectivity index (χ2n) is 6.54. The molecule has 1 saturated heterocycles. The number of aryl methyl sites for hydroxylation is 1. The fourth-order valence-electron chi connectivity index (χ4n) is 3.68. The molecular formula is C19H22N4O2. The van der Waals surface area contributed by atoms with Gasteiger partial charge >= 0.3 is 0 Å². The molecule has 1 aliphatic heterocycles. The van der Waals surface area contributed by atoms with Crippen LogP contribution in [0, 0.1) is 0 Å². The SMILES string of the molecule is CCc1nccn1[C@H]1CCCN(C(=O)Cc2noc3ccccc23)C1. The highest BCUT2D eigenvalue weighted by molar-refractivity contribution is 5.86. The molecule has 6 heteroatoms. The number of carbonyl (C=O) groups is 1. The number of carbonyl (C=O) groups excluding carboxylic acids is 1. The van der Waals surface area contributed by atoms with E-state index in [9.17, 15) is 4.79 Å². The molecule has 0 radical (unpaired) electrons. The van der Waals surface area contributed by atoms with Crippen molar-refractivity contribution in [3.8, 4) is 0 Å². The van der Waals surface area contributed by atoms with E-state index in [0.29, 0.717) is 6.04 Å². The first-order valence-electron chi connectivity index (χ1n) is 8.89. The predicted octanol–water partition coefficient (Wildman–Crippen LogP) is 2.99. The minimum absolute atomic E-state index is 0.113. The number of likely N-dealkylation sites (tertiary alicyclic amines) is 1. The van der Waals surface area contributed by atoms with Crippen LogP contribution in [-0.4, -0.2) is 38.6 Å². The molecule has 1 fully saturated rings. The van der Waals surface area contributed by atoms with Gasteiger partial charge in [0, 0.05) is 37.3 Å². The zero-order chi connectivity index (χ0) is 17.2. The Bertz CT molecular complexity index is 882. The predicted molar refractivity (Wildman–Crippen MR) is 94.2 cm³/mol. The van der Waals surface area contributed by atoms with Crippen molar-refractivity contribution in [2.45, 2.75) is 38.6 Å². The third kappa shape index (κ3) is 3.04.